The highest BCUT2D eigenvalue weighted by Crippen LogP contribution is 2.26. The normalized spacial score (nSPS) is 10.8. The van der Waals surface area contributed by atoms with Crippen LogP contribution in [0.1, 0.15) is 0 Å². The highest BCUT2D eigenvalue weighted by atomic mass is 35.5. The van der Waals surface area contributed by atoms with Gasteiger partial charge in [-0.1, -0.05) is 11.6 Å². The molecule has 0 aliphatic heterocycles. The summed E-state index contributed by atoms with van der Waals surface area (Å²) in [5.74, 6) is -1.15. The minimum Gasteiger partial charge on any atom is -0.399 e. The van der Waals surface area contributed by atoms with Crippen molar-refractivity contribution in [1.29, 1.82) is 0 Å². The number of nitrogens with two attached hydrogens (primary N) is 1. The Balaban J connectivity index is 2.17. The van der Waals surface area contributed by atoms with E-state index in [-0.39, 0.29) is 27.8 Å². The van der Waals surface area contributed by atoms with Crippen LogP contribution in [0.5, 0.6) is 0 Å². The Morgan fingerprint density at radius 1 is 1.05 bits per heavy atom. The summed E-state index contributed by atoms with van der Waals surface area (Å²) < 4.78 is 29.0. The molecule has 0 aliphatic carbocycles. The molecule has 0 amide bonds. The maximum absolute atomic E-state index is 14.0. The first kappa shape index (κ1) is 13.4. The zero-order valence-electron chi connectivity index (χ0n) is 10.5. The smallest absolute Gasteiger partial charge is 0.190 e. The van der Waals surface area contributed by atoms with Crippen LogP contribution >= 0.6 is 11.6 Å². The number of nitrogens with zero attached hydrogens (tertiary/aromatic N) is 4. The van der Waals surface area contributed by atoms with Gasteiger partial charge in [-0.2, -0.15) is 4.68 Å². The Morgan fingerprint density at radius 3 is 2.57 bits per heavy atom. The van der Waals surface area contributed by atoms with Crippen molar-refractivity contribution in [2.45, 2.75) is 0 Å². The van der Waals surface area contributed by atoms with Gasteiger partial charge in [0, 0.05) is 10.7 Å². The number of anilines is 1. The van der Waals surface area contributed by atoms with Gasteiger partial charge in [0.1, 0.15) is 17.3 Å². The van der Waals surface area contributed by atoms with Gasteiger partial charge in [-0.25, -0.2) is 8.78 Å². The van der Waals surface area contributed by atoms with Gasteiger partial charge in [0.05, 0.1) is 5.56 Å². The number of halogens is 3. The second kappa shape index (κ2) is 5.10. The largest absolute Gasteiger partial charge is 0.399 e. The van der Waals surface area contributed by atoms with Crippen molar-refractivity contribution in [3.63, 3.8) is 0 Å². The molecule has 0 atom stereocenters. The first-order chi connectivity index (χ1) is 10.1. The van der Waals surface area contributed by atoms with E-state index < -0.39 is 11.6 Å². The summed E-state index contributed by atoms with van der Waals surface area (Å²) in [4.78, 5) is 0. The van der Waals surface area contributed by atoms with Crippen LogP contribution in [0.15, 0.2) is 36.4 Å². The van der Waals surface area contributed by atoms with Crippen LogP contribution < -0.4 is 5.73 Å². The fourth-order valence-corrected chi connectivity index (χ4v) is 2.04. The Bertz CT molecular complexity index is 752. The minimum absolute atomic E-state index is 0.0636. The molecule has 21 heavy (non-hydrogen) atoms. The van der Waals surface area contributed by atoms with Gasteiger partial charge in [0.2, 0.25) is 0 Å². The van der Waals surface area contributed by atoms with E-state index in [1.807, 2.05) is 0 Å². The van der Waals surface area contributed by atoms with Crippen LogP contribution in [0.4, 0.5) is 14.5 Å². The van der Waals surface area contributed by atoms with Crippen molar-refractivity contribution >= 4 is 17.3 Å². The molecule has 0 saturated heterocycles. The lowest BCUT2D eigenvalue weighted by atomic mass is 10.1. The van der Waals surface area contributed by atoms with Crippen LogP contribution in [-0.4, -0.2) is 20.2 Å². The monoisotopic (exact) mass is 307 g/mol. The predicted octanol–water partition coefficient (Wildman–Crippen LogP) is 2.84. The molecule has 2 aromatic carbocycles. The average Bonchev–Trinajstić information content (AvgIpc) is 2.87. The summed E-state index contributed by atoms with van der Waals surface area (Å²) in [5.41, 5.74) is 5.95. The predicted molar refractivity (Wildman–Crippen MR) is 73.9 cm³/mol. The van der Waals surface area contributed by atoms with Crippen molar-refractivity contribution in [3.8, 4) is 17.1 Å². The third-order valence-electron chi connectivity index (χ3n) is 2.84. The Kier molecular flexibility index (Phi) is 3.26. The van der Waals surface area contributed by atoms with Gasteiger partial charge in [-0.05, 0) is 46.8 Å². The van der Waals surface area contributed by atoms with Crippen LogP contribution in [0.2, 0.25) is 5.02 Å². The van der Waals surface area contributed by atoms with Crippen LogP contribution in [0.25, 0.3) is 17.1 Å². The number of aromatic nitrogens is 4. The Morgan fingerprint density at radius 2 is 1.86 bits per heavy atom. The highest BCUT2D eigenvalue weighted by Gasteiger charge is 2.17. The lowest BCUT2D eigenvalue weighted by Gasteiger charge is -2.07. The van der Waals surface area contributed by atoms with Crippen molar-refractivity contribution < 1.29 is 8.78 Å². The quantitative estimate of drug-likeness (QED) is 0.739. The van der Waals surface area contributed by atoms with Gasteiger partial charge >= 0.3 is 0 Å². The van der Waals surface area contributed by atoms with E-state index in [0.29, 0.717) is 0 Å². The van der Waals surface area contributed by atoms with E-state index in [9.17, 15) is 8.78 Å². The molecule has 3 rings (SSSR count). The molecular formula is C13H8ClF2N5. The second-order valence-electron chi connectivity index (χ2n) is 4.25. The molecule has 0 spiro atoms. The topological polar surface area (TPSA) is 69.6 Å². The molecule has 0 aliphatic rings. The summed E-state index contributed by atoms with van der Waals surface area (Å²) in [6.45, 7) is 0. The van der Waals surface area contributed by atoms with Gasteiger partial charge in [0.15, 0.2) is 5.82 Å². The third-order valence-corrected chi connectivity index (χ3v) is 3.08. The van der Waals surface area contributed by atoms with Crippen molar-refractivity contribution in [2.24, 2.45) is 0 Å². The number of rotatable bonds is 2. The van der Waals surface area contributed by atoms with E-state index in [0.717, 1.165) is 16.8 Å². The molecule has 8 heteroatoms. The standard InChI is InChI=1S/C13H8ClF2N5/c14-7-1-4-12(11(16)5-7)21-13(18-19-20-21)9-3-2-8(17)6-10(9)15/h1-6H,17H2. The van der Waals surface area contributed by atoms with E-state index >= 15 is 0 Å². The molecule has 0 unspecified atom stereocenters. The van der Waals surface area contributed by atoms with E-state index in [1.165, 1.54) is 24.3 Å². The molecule has 5 nitrogen and oxygen atoms in total. The molecule has 0 radical (unpaired) electrons. The fourth-order valence-electron chi connectivity index (χ4n) is 1.88. The van der Waals surface area contributed by atoms with Gasteiger partial charge in [-0.15, -0.1) is 5.10 Å². The van der Waals surface area contributed by atoms with E-state index in [2.05, 4.69) is 15.5 Å². The summed E-state index contributed by atoms with van der Waals surface area (Å²) >= 11 is 5.70. The van der Waals surface area contributed by atoms with Crippen molar-refractivity contribution in [1.82, 2.24) is 20.2 Å². The van der Waals surface area contributed by atoms with Gasteiger partial charge in [-0.3, -0.25) is 0 Å². The molecule has 1 aromatic heterocycles. The third kappa shape index (κ3) is 2.43. The second-order valence-corrected chi connectivity index (χ2v) is 4.69. The number of benzene rings is 2. The summed E-state index contributed by atoms with van der Waals surface area (Å²) in [6, 6.07) is 8.11. The Labute approximate surface area is 123 Å². The number of tetrazole rings is 1. The number of nitrogen functional groups attached to an aromatic ring is 1. The Hall–Kier alpha value is -2.54. The maximum Gasteiger partial charge on any atom is 0.190 e. The molecule has 3 aromatic rings. The summed E-state index contributed by atoms with van der Waals surface area (Å²) in [5, 5.41) is 11.1. The van der Waals surface area contributed by atoms with Crippen molar-refractivity contribution in [2.75, 3.05) is 5.73 Å². The minimum atomic E-state index is -0.619. The molecule has 0 fully saturated rings. The SMILES string of the molecule is Nc1ccc(-c2nnnn2-c2ccc(Cl)cc2F)c(F)c1. The van der Waals surface area contributed by atoms with Crippen LogP contribution in [-0.2, 0) is 0 Å². The first-order valence-corrected chi connectivity index (χ1v) is 6.23. The lowest BCUT2D eigenvalue weighted by molar-refractivity contribution is 0.606. The summed E-state index contributed by atoms with van der Waals surface area (Å²) in [6.07, 6.45) is 0. The molecule has 1 heterocycles. The van der Waals surface area contributed by atoms with Gasteiger partial charge < -0.3 is 5.73 Å². The average molecular weight is 308 g/mol. The van der Waals surface area contributed by atoms with Gasteiger partial charge in [0.25, 0.3) is 0 Å². The van der Waals surface area contributed by atoms with E-state index in [1.54, 1.807) is 0 Å². The molecular weight excluding hydrogens is 300 g/mol. The highest BCUT2D eigenvalue weighted by molar-refractivity contribution is 6.30. The number of hydrogen-bond donors (Lipinski definition) is 1. The van der Waals surface area contributed by atoms with Crippen LogP contribution in [0, 0.1) is 11.6 Å². The fraction of sp³-hybridized carbons (Fsp3) is 0. The first-order valence-electron chi connectivity index (χ1n) is 5.85. The van der Waals surface area contributed by atoms with Crippen molar-refractivity contribution in [3.05, 3.63) is 53.1 Å². The van der Waals surface area contributed by atoms with Crippen LogP contribution in [0.3, 0.4) is 0 Å². The zero-order chi connectivity index (χ0) is 15.0. The lowest BCUT2D eigenvalue weighted by Crippen LogP contribution is -2.03. The zero-order valence-corrected chi connectivity index (χ0v) is 11.2. The molecule has 106 valence electrons. The molecule has 0 saturated carbocycles. The van der Waals surface area contributed by atoms with E-state index in [4.69, 9.17) is 17.3 Å². The summed E-state index contributed by atoms with van der Waals surface area (Å²) in [7, 11) is 0. The molecule has 0 bridgehead atoms. The molecule has 2 N–H and O–H groups in total. The number of hydrogen-bond acceptors (Lipinski definition) is 4. The maximum atomic E-state index is 14.0.